The van der Waals surface area contributed by atoms with E-state index in [2.05, 4.69) is 25.7 Å². The number of halogens is 3. The normalized spacial score (nSPS) is 11.5. The molecule has 0 aliphatic rings. The van der Waals surface area contributed by atoms with E-state index in [4.69, 9.17) is 0 Å². The highest BCUT2D eigenvalue weighted by molar-refractivity contribution is 5.48. The van der Waals surface area contributed by atoms with E-state index < -0.39 is 12.0 Å². The standard InChI is InChI=1S/C12H15F3N6/c1-3-16-9-6-10(20-11(19-9)12(13,14)15)17-7-8-4-5-18-21(8)2/h4-6H,3,7H2,1-2H3,(H2,16,17,19,20). The minimum atomic E-state index is -4.59. The van der Waals surface area contributed by atoms with E-state index in [1.54, 1.807) is 30.9 Å². The third-order valence-electron chi connectivity index (χ3n) is 2.71. The Kier molecular flexibility index (Phi) is 4.29. The van der Waals surface area contributed by atoms with Gasteiger partial charge in [-0.25, -0.2) is 9.97 Å². The quantitative estimate of drug-likeness (QED) is 0.886. The molecular weight excluding hydrogens is 285 g/mol. The number of aryl methyl sites for hydroxylation is 1. The van der Waals surface area contributed by atoms with Gasteiger partial charge in [0.2, 0.25) is 5.82 Å². The zero-order valence-electron chi connectivity index (χ0n) is 11.6. The molecule has 0 aliphatic carbocycles. The SMILES string of the molecule is CCNc1cc(NCc2ccnn2C)nc(C(F)(F)F)n1. The Balaban J connectivity index is 2.21. The number of anilines is 2. The van der Waals surface area contributed by atoms with Crippen molar-refractivity contribution in [1.82, 2.24) is 19.7 Å². The molecule has 0 fully saturated rings. The van der Waals surface area contributed by atoms with Gasteiger partial charge in [-0.2, -0.15) is 18.3 Å². The highest BCUT2D eigenvalue weighted by Gasteiger charge is 2.35. The van der Waals surface area contributed by atoms with Gasteiger partial charge in [-0.15, -0.1) is 0 Å². The highest BCUT2D eigenvalue weighted by atomic mass is 19.4. The van der Waals surface area contributed by atoms with Gasteiger partial charge >= 0.3 is 6.18 Å². The molecule has 0 bridgehead atoms. The predicted molar refractivity (Wildman–Crippen MR) is 71.7 cm³/mol. The van der Waals surface area contributed by atoms with Gasteiger partial charge in [-0.1, -0.05) is 0 Å². The van der Waals surface area contributed by atoms with Crippen LogP contribution in [-0.2, 0) is 19.8 Å². The predicted octanol–water partition coefficient (Wildman–Crippen LogP) is 2.27. The highest BCUT2D eigenvalue weighted by Crippen LogP contribution is 2.28. The third kappa shape index (κ3) is 3.83. The van der Waals surface area contributed by atoms with Crippen LogP contribution in [0.5, 0.6) is 0 Å². The van der Waals surface area contributed by atoms with E-state index in [1.807, 2.05) is 0 Å². The zero-order chi connectivity index (χ0) is 15.5. The maximum Gasteiger partial charge on any atom is 0.451 e. The molecule has 0 saturated carbocycles. The van der Waals surface area contributed by atoms with E-state index in [1.165, 1.54) is 6.07 Å². The first-order valence-electron chi connectivity index (χ1n) is 6.31. The van der Waals surface area contributed by atoms with Crippen molar-refractivity contribution in [3.63, 3.8) is 0 Å². The summed E-state index contributed by atoms with van der Waals surface area (Å²) in [4.78, 5) is 6.95. The van der Waals surface area contributed by atoms with Gasteiger partial charge in [-0.3, -0.25) is 4.68 Å². The number of hydrogen-bond acceptors (Lipinski definition) is 5. The molecule has 21 heavy (non-hydrogen) atoms. The van der Waals surface area contributed by atoms with Gasteiger partial charge in [0.05, 0.1) is 12.2 Å². The van der Waals surface area contributed by atoms with Gasteiger partial charge in [-0.05, 0) is 13.0 Å². The number of alkyl halides is 3. The summed E-state index contributed by atoms with van der Waals surface area (Å²) in [5, 5.41) is 9.59. The molecule has 0 amide bonds. The molecule has 2 N–H and O–H groups in total. The summed E-state index contributed by atoms with van der Waals surface area (Å²) in [7, 11) is 1.75. The van der Waals surface area contributed by atoms with E-state index in [9.17, 15) is 13.2 Å². The van der Waals surface area contributed by atoms with Crippen LogP contribution >= 0.6 is 0 Å². The van der Waals surface area contributed by atoms with Crippen molar-refractivity contribution in [2.24, 2.45) is 7.05 Å². The van der Waals surface area contributed by atoms with Crippen LogP contribution in [0.25, 0.3) is 0 Å². The van der Waals surface area contributed by atoms with Crippen molar-refractivity contribution in [1.29, 1.82) is 0 Å². The Morgan fingerprint density at radius 2 is 1.86 bits per heavy atom. The number of rotatable bonds is 5. The van der Waals surface area contributed by atoms with Crippen LogP contribution in [0.15, 0.2) is 18.3 Å². The number of aromatic nitrogens is 4. The van der Waals surface area contributed by atoms with Crippen molar-refractivity contribution in [2.45, 2.75) is 19.6 Å². The molecule has 2 heterocycles. The fourth-order valence-electron chi connectivity index (χ4n) is 1.69. The molecular formula is C12H15F3N6. The summed E-state index contributed by atoms with van der Waals surface area (Å²) in [5.74, 6) is -0.935. The van der Waals surface area contributed by atoms with Gasteiger partial charge in [0.15, 0.2) is 0 Å². The number of nitrogens with one attached hydrogen (secondary N) is 2. The molecule has 0 unspecified atom stereocenters. The number of hydrogen-bond donors (Lipinski definition) is 2. The number of nitrogens with zero attached hydrogens (tertiary/aromatic N) is 4. The van der Waals surface area contributed by atoms with Crippen molar-refractivity contribution >= 4 is 11.6 Å². The lowest BCUT2D eigenvalue weighted by molar-refractivity contribution is -0.144. The van der Waals surface area contributed by atoms with Crippen LogP contribution < -0.4 is 10.6 Å². The second kappa shape index (κ2) is 5.98. The molecule has 0 radical (unpaired) electrons. The molecule has 2 aromatic rings. The fraction of sp³-hybridized carbons (Fsp3) is 0.417. The Morgan fingerprint density at radius 3 is 2.38 bits per heavy atom. The first-order valence-corrected chi connectivity index (χ1v) is 6.31. The average molecular weight is 300 g/mol. The van der Waals surface area contributed by atoms with E-state index in [0.29, 0.717) is 13.1 Å². The molecule has 2 aromatic heterocycles. The molecule has 6 nitrogen and oxygen atoms in total. The molecule has 2 rings (SSSR count). The van der Waals surface area contributed by atoms with Crippen LogP contribution in [0.2, 0.25) is 0 Å². The summed E-state index contributed by atoms with van der Waals surface area (Å²) in [6.07, 6.45) is -2.98. The average Bonchev–Trinajstić information content (AvgIpc) is 2.81. The lowest BCUT2D eigenvalue weighted by atomic mass is 10.4. The summed E-state index contributed by atoms with van der Waals surface area (Å²) >= 11 is 0. The minimum absolute atomic E-state index is 0.106. The first kappa shape index (κ1) is 15.1. The fourth-order valence-corrected chi connectivity index (χ4v) is 1.69. The Bertz CT molecular complexity index is 607. The van der Waals surface area contributed by atoms with Crippen LogP contribution in [0.1, 0.15) is 18.4 Å². The molecule has 114 valence electrons. The lowest BCUT2D eigenvalue weighted by Gasteiger charge is -2.12. The smallest absolute Gasteiger partial charge is 0.370 e. The molecule has 9 heteroatoms. The molecule has 0 aliphatic heterocycles. The first-order chi connectivity index (χ1) is 9.90. The van der Waals surface area contributed by atoms with E-state index >= 15 is 0 Å². The topological polar surface area (TPSA) is 67.7 Å². The van der Waals surface area contributed by atoms with Crippen LogP contribution in [0, 0.1) is 0 Å². The van der Waals surface area contributed by atoms with Crippen LogP contribution in [0.4, 0.5) is 24.8 Å². The molecule has 0 atom stereocenters. The van der Waals surface area contributed by atoms with Crippen molar-refractivity contribution in [2.75, 3.05) is 17.2 Å². The van der Waals surface area contributed by atoms with Crippen molar-refractivity contribution < 1.29 is 13.2 Å². The zero-order valence-corrected chi connectivity index (χ0v) is 11.6. The Labute approximate surface area is 119 Å². The Hall–Kier alpha value is -2.32. The summed E-state index contributed by atoms with van der Waals surface area (Å²) in [6, 6.07) is 3.21. The van der Waals surface area contributed by atoms with Crippen molar-refractivity contribution in [3.8, 4) is 0 Å². The van der Waals surface area contributed by atoms with Crippen LogP contribution in [0.3, 0.4) is 0 Å². The largest absolute Gasteiger partial charge is 0.451 e. The summed E-state index contributed by atoms with van der Waals surface area (Å²) in [5.41, 5.74) is 0.826. The lowest BCUT2D eigenvalue weighted by Crippen LogP contribution is -2.15. The summed E-state index contributed by atoms with van der Waals surface area (Å²) < 4.78 is 39.9. The van der Waals surface area contributed by atoms with E-state index in [0.717, 1.165) is 5.69 Å². The molecule has 0 spiro atoms. The van der Waals surface area contributed by atoms with Gasteiger partial charge in [0.25, 0.3) is 0 Å². The monoisotopic (exact) mass is 300 g/mol. The van der Waals surface area contributed by atoms with Crippen molar-refractivity contribution in [3.05, 3.63) is 29.8 Å². The molecule has 0 saturated heterocycles. The second-order valence-corrected chi connectivity index (χ2v) is 4.29. The maximum absolute atomic E-state index is 12.8. The maximum atomic E-state index is 12.8. The van der Waals surface area contributed by atoms with E-state index in [-0.39, 0.29) is 11.6 Å². The second-order valence-electron chi connectivity index (χ2n) is 4.29. The Morgan fingerprint density at radius 1 is 1.19 bits per heavy atom. The summed E-state index contributed by atoms with van der Waals surface area (Å²) in [6.45, 7) is 2.56. The van der Waals surface area contributed by atoms with Gasteiger partial charge in [0, 0.05) is 25.9 Å². The van der Waals surface area contributed by atoms with Gasteiger partial charge < -0.3 is 10.6 Å². The molecule has 0 aromatic carbocycles. The third-order valence-corrected chi connectivity index (χ3v) is 2.71. The van der Waals surface area contributed by atoms with Gasteiger partial charge in [0.1, 0.15) is 11.6 Å². The van der Waals surface area contributed by atoms with Crippen LogP contribution in [-0.4, -0.2) is 26.3 Å². The minimum Gasteiger partial charge on any atom is -0.370 e.